The Hall–Kier alpha value is 0.0300. The fraction of sp³-hybridized carbons (Fsp3) is 1.00. The van der Waals surface area contributed by atoms with E-state index in [0.29, 0.717) is 6.04 Å². The number of nitrogens with zero attached hydrogens (tertiary/aromatic N) is 2. The third kappa shape index (κ3) is 4.66. The summed E-state index contributed by atoms with van der Waals surface area (Å²) < 4.78 is 11.2. The Morgan fingerprint density at radius 1 is 1.18 bits per heavy atom. The van der Waals surface area contributed by atoms with Crippen LogP contribution in [0.2, 0.25) is 0 Å². The summed E-state index contributed by atoms with van der Waals surface area (Å²) in [6.45, 7) is 7.04. The van der Waals surface area contributed by atoms with Crippen LogP contribution in [0.5, 0.6) is 0 Å². The third-order valence-corrected chi connectivity index (χ3v) is 5.23. The molecule has 0 amide bonds. The first-order valence-electron chi connectivity index (χ1n) is 6.73. The normalized spacial score (nSPS) is 32.8. The summed E-state index contributed by atoms with van der Waals surface area (Å²) in [5.74, 6) is 1.79. The van der Waals surface area contributed by atoms with Crippen LogP contribution in [0.4, 0.5) is 0 Å². The summed E-state index contributed by atoms with van der Waals surface area (Å²) in [5, 5.41) is 3.61. The van der Waals surface area contributed by atoms with Gasteiger partial charge in [0.1, 0.15) is 0 Å². The molecule has 2 fully saturated rings. The minimum absolute atomic E-state index is 0.531. The Kier molecular flexibility index (Phi) is 5.41. The molecule has 2 saturated heterocycles. The molecule has 0 bridgehead atoms. The number of hydrogen-bond donors (Lipinski definition) is 1. The van der Waals surface area contributed by atoms with Crippen LogP contribution in [0.15, 0.2) is 0 Å². The average molecular weight is 259 g/mol. The van der Waals surface area contributed by atoms with Gasteiger partial charge in [0, 0.05) is 67.6 Å². The summed E-state index contributed by atoms with van der Waals surface area (Å²) in [5.41, 5.74) is 0. The van der Waals surface area contributed by atoms with E-state index in [4.69, 9.17) is 0 Å². The molecule has 2 heterocycles. The molecule has 0 atom stereocenters. The summed E-state index contributed by atoms with van der Waals surface area (Å²) in [6, 6.07) is 0.611. The van der Waals surface area contributed by atoms with Crippen molar-refractivity contribution in [1.82, 2.24) is 15.1 Å². The lowest BCUT2D eigenvalue weighted by atomic mass is 10.1. The molecule has 0 aliphatic carbocycles. The van der Waals surface area contributed by atoms with Crippen LogP contribution >= 0.6 is 0 Å². The van der Waals surface area contributed by atoms with E-state index in [2.05, 4.69) is 22.2 Å². The second-order valence-corrected chi connectivity index (χ2v) is 6.92. The number of nitrogens with one attached hydrogen (secondary N) is 1. The van der Waals surface area contributed by atoms with Crippen molar-refractivity contribution in [3.63, 3.8) is 0 Å². The lowest BCUT2D eigenvalue weighted by Gasteiger charge is -2.33. The lowest BCUT2D eigenvalue weighted by Crippen LogP contribution is -2.47. The van der Waals surface area contributed by atoms with Crippen LogP contribution in [0.1, 0.15) is 12.8 Å². The molecule has 2 aliphatic heterocycles. The molecule has 4 nitrogen and oxygen atoms in total. The van der Waals surface area contributed by atoms with Crippen LogP contribution < -0.4 is 5.32 Å². The fourth-order valence-electron chi connectivity index (χ4n) is 2.50. The highest BCUT2D eigenvalue weighted by atomic mass is 32.2. The Morgan fingerprint density at radius 3 is 2.47 bits per heavy atom. The minimum atomic E-state index is -0.531. The van der Waals surface area contributed by atoms with Crippen molar-refractivity contribution in [2.75, 3.05) is 57.8 Å². The highest BCUT2D eigenvalue weighted by molar-refractivity contribution is 7.85. The van der Waals surface area contributed by atoms with Gasteiger partial charge in [0.05, 0.1) is 0 Å². The second kappa shape index (κ2) is 6.83. The maximum absolute atomic E-state index is 11.2. The molecular formula is C12H25N3OS. The number of piperazine rings is 1. The molecule has 0 aromatic rings. The van der Waals surface area contributed by atoms with Gasteiger partial charge in [0.25, 0.3) is 0 Å². The topological polar surface area (TPSA) is 35.6 Å². The van der Waals surface area contributed by atoms with E-state index in [0.717, 1.165) is 37.4 Å². The molecule has 0 saturated carbocycles. The number of rotatable bonds is 4. The highest BCUT2D eigenvalue weighted by Crippen LogP contribution is 2.08. The fourth-order valence-corrected chi connectivity index (χ4v) is 3.80. The average Bonchev–Trinajstić information content (AvgIpc) is 2.34. The van der Waals surface area contributed by atoms with Gasteiger partial charge in [-0.05, 0) is 19.9 Å². The monoisotopic (exact) mass is 259 g/mol. The zero-order valence-corrected chi connectivity index (χ0v) is 11.7. The van der Waals surface area contributed by atoms with Crippen LogP contribution in [0.3, 0.4) is 0 Å². The quantitative estimate of drug-likeness (QED) is 0.754. The SMILES string of the molecule is CN1CCN(CCNC2CCS(=O)CC2)CC1. The second-order valence-electron chi connectivity index (χ2n) is 5.22. The maximum atomic E-state index is 11.2. The van der Waals surface area contributed by atoms with Crippen molar-refractivity contribution in [3.8, 4) is 0 Å². The summed E-state index contributed by atoms with van der Waals surface area (Å²) >= 11 is 0. The van der Waals surface area contributed by atoms with Crippen molar-refractivity contribution < 1.29 is 4.21 Å². The molecule has 1 N–H and O–H groups in total. The zero-order valence-electron chi connectivity index (χ0n) is 10.9. The van der Waals surface area contributed by atoms with E-state index in [1.54, 1.807) is 0 Å². The minimum Gasteiger partial charge on any atom is -0.313 e. The first-order valence-corrected chi connectivity index (χ1v) is 8.22. The first kappa shape index (κ1) is 13.5. The van der Waals surface area contributed by atoms with Gasteiger partial charge in [-0.1, -0.05) is 0 Å². The highest BCUT2D eigenvalue weighted by Gasteiger charge is 2.18. The van der Waals surface area contributed by atoms with Crippen molar-refractivity contribution in [3.05, 3.63) is 0 Å². The van der Waals surface area contributed by atoms with Gasteiger partial charge >= 0.3 is 0 Å². The Labute approximate surface area is 107 Å². The molecule has 0 spiro atoms. The molecule has 0 radical (unpaired) electrons. The Balaban J connectivity index is 1.55. The van der Waals surface area contributed by atoms with Crippen LogP contribution in [0.25, 0.3) is 0 Å². The Morgan fingerprint density at radius 2 is 1.82 bits per heavy atom. The molecule has 2 rings (SSSR count). The van der Waals surface area contributed by atoms with Crippen LogP contribution in [-0.2, 0) is 10.8 Å². The first-order chi connectivity index (χ1) is 8.24. The molecule has 2 aliphatic rings. The van der Waals surface area contributed by atoms with Gasteiger partial charge in [-0.15, -0.1) is 0 Å². The van der Waals surface area contributed by atoms with Gasteiger partial charge in [0.2, 0.25) is 0 Å². The van der Waals surface area contributed by atoms with Gasteiger partial charge in [-0.25, -0.2) is 0 Å². The van der Waals surface area contributed by atoms with E-state index in [1.807, 2.05) is 0 Å². The van der Waals surface area contributed by atoms with E-state index in [9.17, 15) is 4.21 Å². The number of likely N-dealkylation sites (N-methyl/N-ethyl adjacent to an activating group) is 1. The molecule has 5 heteroatoms. The van der Waals surface area contributed by atoms with Crippen molar-refractivity contribution in [2.45, 2.75) is 18.9 Å². The third-order valence-electron chi connectivity index (χ3n) is 3.84. The van der Waals surface area contributed by atoms with Gasteiger partial charge < -0.3 is 10.2 Å². The molecule has 17 heavy (non-hydrogen) atoms. The predicted octanol–water partition coefficient (Wildman–Crippen LogP) is -0.265. The Bertz CT molecular complexity index is 244. The van der Waals surface area contributed by atoms with E-state index < -0.39 is 10.8 Å². The molecule has 0 aromatic heterocycles. The van der Waals surface area contributed by atoms with Gasteiger partial charge in [-0.3, -0.25) is 9.11 Å². The lowest BCUT2D eigenvalue weighted by molar-refractivity contribution is 0.153. The van der Waals surface area contributed by atoms with E-state index >= 15 is 0 Å². The van der Waals surface area contributed by atoms with Crippen molar-refractivity contribution in [1.29, 1.82) is 0 Å². The molecule has 0 aromatic carbocycles. The van der Waals surface area contributed by atoms with Gasteiger partial charge in [0.15, 0.2) is 0 Å². The van der Waals surface area contributed by atoms with Crippen molar-refractivity contribution >= 4 is 10.8 Å². The van der Waals surface area contributed by atoms with E-state index in [1.165, 1.54) is 26.2 Å². The number of hydrogen-bond acceptors (Lipinski definition) is 4. The zero-order chi connectivity index (χ0) is 12.1. The smallest absolute Gasteiger partial charge is 0.0249 e. The maximum Gasteiger partial charge on any atom is 0.0249 e. The van der Waals surface area contributed by atoms with Crippen LogP contribution in [0, 0.1) is 0 Å². The summed E-state index contributed by atoms with van der Waals surface area (Å²) in [7, 11) is 1.66. The van der Waals surface area contributed by atoms with Crippen LogP contribution in [-0.4, -0.2) is 77.9 Å². The van der Waals surface area contributed by atoms with E-state index in [-0.39, 0.29) is 0 Å². The standard InChI is InChI=1S/C12H25N3OS/c1-14-6-8-15(9-7-14)5-4-13-12-2-10-17(16)11-3-12/h12-13H,2-11H2,1H3. The molecule has 100 valence electrons. The predicted molar refractivity (Wildman–Crippen MR) is 72.8 cm³/mol. The van der Waals surface area contributed by atoms with Gasteiger partial charge in [-0.2, -0.15) is 0 Å². The summed E-state index contributed by atoms with van der Waals surface area (Å²) in [6.07, 6.45) is 2.19. The molecule has 0 unspecified atom stereocenters. The largest absolute Gasteiger partial charge is 0.313 e. The summed E-state index contributed by atoms with van der Waals surface area (Å²) in [4.78, 5) is 4.92. The molecular weight excluding hydrogens is 234 g/mol. The van der Waals surface area contributed by atoms with Crippen molar-refractivity contribution in [2.24, 2.45) is 0 Å².